The number of amides is 1. The molecule has 2 aromatic heterocycles. The van der Waals surface area contributed by atoms with E-state index < -0.39 is 6.04 Å². The molecule has 1 N–H and O–H groups in total. The van der Waals surface area contributed by atoms with Crippen molar-refractivity contribution in [3.8, 4) is 16.9 Å². The zero-order valence-electron chi connectivity index (χ0n) is 17.6. The number of hydrogen-bond acceptors (Lipinski definition) is 6. The van der Waals surface area contributed by atoms with E-state index >= 15 is 0 Å². The molecule has 32 heavy (non-hydrogen) atoms. The van der Waals surface area contributed by atoms with Crippen LogP contribution in [0, 0.1) is 0 Å². The van der Waals surface area contributed by atoms with E-state index in [4.69, 9.17) is 9.26 Å². The molecule has 0 spiro atoms. The van der Waals surface area contributed by atoms with E-state index in [1.165, 1.54) is 5.56 Å². The van der Waals surface area contributed by atoms with Crippen molar-refractivity contribution in [3.63, 3.8) is 0 Å². The molecule has 0 saturated carbocycles. The highest BCUT2D eigenvalue weighted by molar-refractivity contribution is 5.95. The van der Waals surface area contributed by atoms with Gasteiger partial charge in [0.2, 0.25) is 5.89 Å². The maximum Gasteiger partial charge on any atom is 0.253 e. The third-order valence-electron chi connectivity index (χ3n) is 5.44. The van der Waals surface area contributed by atoms with Crippen LogP contribution in [0.25, 0.3) is 11.1 Å². The number of nitrogens with one attached hydrogen (secondary N) is 1. The van der Waals surface area contributed by atoms with Gasteiger partial charge in [0.25, 0.3) is 5.91 Å². The zero-order chi connectivity index (χ0) is 21.9. The van der Waals surface area contributed by atoms with Crippen molar-refractivity contribution in [2.45, 2.75) is 25.8 Å². The third-order valence-corrected chi connectivity index (χ3v) is 5.44. The van der Waals surface area contributed by atoms with Gasteiger partial charge in [-0.2, -0.15) is 4.98 Å². The van der Waals surface area contributed by atoms with E-state index in [2.05, 4.69) is 26.5 Å². The average Bonchev–Trinajstić information content (AvgIpc) is 3.49. The van der Waals surface area contributed by atoms with Gasteiger partial charge in [0.15, 0.2) is 5.82 Å². The summed E-state index contributed by atoms with van der Waals surface area (Å²) in [5.41, 5.74) is 4.62. The molecule has 1 unspecified atom stereocenters. The quantitative estimate of drug-likeness (QED) is 0.498. The minimum absolute atomic E-state index is 0.245. The molecule has 0 radical (unpaired) electrons. The topological polar surface area (TPSA) is 90.1 Å². The van der Waals surface area contributed by atoms with Gasteiger partial charge in [0.05, 0.1) is 24.6 Å². The van der Waals surface area contributed by atoms with Gasteiger partial charge < -0.3 is 14.6 Å². The number of ether oxygens (including phenoxy) is 1. The van der Waals surface area contributed by atoms with Crippen LogP contribution in [0.3, 0.4) is 0 Å². The van der Waals surface area contributed by atoms with Crippen LogP contribution in [0.5, 0.6) is 5.75 Å². The monoisotopic (exact) mass is 426 g/mol. The number of carbonyl (C=O) groups is 1. The number of hydrogen-bond donors (Lipinski definition) is 1. The highest BCUT2D eigenvalue weighted by atomic mass is 16.5. The summed E-state index contributed by atoms with van der Waals surface area (Å²) in [4.78, 5) is 21.5. The first-order chi connectivity index (χ1) is 15.7. The fraction of sp³-hybridized carbons (Fsp3) is 0.200. The number of aromatic nitrogens is 3. The minimum Gasteiger partial charge on any atom is -0.493 e. The first-order valence-corrected chi connectivity index (χ1v) is 10.5. The Bertz CT molecular complexity index is 1250. The van der Waals surface area contributed by atoms with Crippen molar-refractivity contribution in [1.82, 2.24) is 20.4 Å². The predicted molar refractivity (Wildman–Crippen MR) is 118 cm³/mol. The average molecular weight is 426 g/mol. The number of fused-ring (bicyclic) bond motifs is 1. The number of pyridine rings is 1. The van der Waals surface area contributed by atoms with Gasteiger partial charge in [-0.05, 0) is 41.8 Å². The van der Waals surface area contributed by atoms with Crippen LogP contribution in [0.4, 0.5) is 0 Å². The van der Waals surface area contributed by atoms with Crippen LogP contribution >= 0.6 is 0 Å². The van der Waals surface area contributed by atoms with E-state index in [0.717, 1.165) is 28.9 Å². The summed E-state index contributed by atoms with van der Waals surface area (Å²) in [6.45, 7) is 2.54. The zero-order valence-corrected chi connectivity index (χ0v) is 17.6. The summed E-state index contributed by atoms with van der Waals surface area (Å²) in [6, 6.07) is 17.4. The number of benzene rings is 2. The molecule has 4 aromatic rings. The van der Waals surface area contributed by atoms with Crippen molar-refractivity contribution in [2.24, 2.45) is 0 Å². The van der Waals surface area contributed by atoms with E-state index in [0.29, 0.717) is 30.3 Å². The van der Waals surface area contributed by atoms with Crippen LogP contribution in [0.15, 0.2) is 71.5 Å². The van der Waals surface area contributed by atoms with Crippen molar-refractivity contribution in [3.05, 3.63) is 95.4 Å². The van der Waals surface area contributed by atoms with Crippen molar-refractivity contribution in [2.75, 3.05) is 6.61 Å². The summed E-state index contributed by atoms with van der Waals surface area (Å²) in [5.74, 6) is 1.63. The lowest BCUT2D eigenvalue weighted by atomic mass is 10.0. The van der Waals surface area contributed by atoms with Crippen LogP contribution in [-0.2, 0) is 12.8 Å². The third kappa shape index (κ3) is 4.23. The van der Waals surface area contributed by atoms with Gasteiger partial charge in [-0.3, -0.25) is 9.78 Å². The fourth-order valence-corrected chi connectivity index (χ4v) is 3.72. The summed E-state index contributed by atoms with van der Waals surface area (Å²) < 4.78 is 10.9. The molecule has 7 heteroatoms. The highest BCUT2D eigenvalue weighted by Crippen LogP contribution is 2.30. The molecule has 7 nitrogen and oxygen atoms in total. The van der Waals surface area contributed by atoms with E-state index in [9.17, 15) is 4.79 Å². The number of rotatable bonds is 6. The lowest BCUT2D eigenvalue weighted by molar-refractivity contribution is 0.0937. The molecule has 0 aliphatic carbocycles. The Hall–Kier alpha value is -4.00. The molecule has 0 fully saturated rings. The summed E-state index contributed by atoms with van der Waals surface area (Å²) in [5, 5.41) is 6.96. The number of carbonyl (C=O) groups excluding carboxylic acids is 1. The van der Waals surface area contributed by atoms with Gasteiger partial charge in [-0.15, -0.1) is 0 Å². The van der Waals surface area contributed by atoms with Gasteiger partial charge in [-0.1, -0.05) is 41.6 Å². The first-order valence-electron chi connectivity index (χ1n) is 10.5. The standard InChI is InChI=1S/C25H22N4O3/c1-16(24-28-23(32-29-24)11-17-5-3-2-4-6-17)27-25(30)21-13-20(14-26-15-21)18-7-8-22-19(12-18)9-10-31-22/h2-8,12-16H,9-11H2,1H3,(H,27,30). The lowest BCUT2D eigenvalue weighted by Crippen LogP contribution is -2.27. The van der Waals surface area contributed by atoms with Crippen LogP contribution in [-0.4, -0.2) is 27.6 Å². The normalized spacial score (nSPS) is 13.3. The SMILES string of the molecule is CC(NC(=O)c1cncc(-c2ccc3c(c2)CCO3)c1)c1noc(Cc2ccccc2)n1. The van der Waals surface area contributed by atoms with Crippen LogP contribution in [0.1, 0.15) is 46.2 Å². The lowest BCUT2D eigenvalue weighted by Gasteiger charge is -2.11. The Labute approximate surface area is 185 Å². The maximum atomic E-state index is 12.8. The second kappa shape index (κ2) is 8.63. The van der Waals surface area contributed by atoms with Gasteiger partial charge in [-0.25, -0.2) is 0 Å². The molecular formula is C25H22N4O3. The number of nitrogens with zero attached hydrogens (tertiary/aromatic N) is 3. The van der Waals surface area contributed by atoms with Crippen LogP contribution in [0.2, 0.25) is 0 Å². The Morgan fingerprint density at radius 1 is 1.09 bits per heavy atom. The van der Waals surface area contributed by atoms with Crippen molar-refractivity contribution < 1.29 is 14.1 Å². The van der Waals surface area contributed by atoms with Crippen LogP contribution < -0.4 is 10.1 Å². The maximum absolute atomic E-state index is 12.8. The highest BCUT2D eigenvalue weighted by Gasteiger charge is 2.18. The molecular weight excluding hydrogens is 404 g/mol. The Balaban J connectivity index is 1.27. The molecule has 0 bridgehead atoms. The minimum atomic E-state index is -0.406. The molecule has 0 saturated heterocycles. The van der Waals surface area contributed by atoms with Gasteiger partial charge >= 0.3 is 0 Å². The fourth-order valence-electron chi connectivity index (χ4n) is 3.72. The van der Waals surface area contributed by atoms with Gasteiger partial charge in [0.1, 0.15) is 5.75 Å². The first kappa shape index (κ1) is 19.9. The second-order valence-electron chi connectivity index (χ2n) is 7.79. The molecule has 160 valence electrons. The summed E-state index contributed by atoms with van der Waals surface area (Å²) >= 11 is 0. The van der Waals surface area contributed by atoms with Crippen molar-refractivity contribution >= 4 is 5.91 Å². The molecule has 5 rings (SSSR count). The molecule has 1 amide bonds. The van der Waals surface area contributed by atoms with E-state index in [1.54, 1.807) is 12.4 Å². The molecule has 1 atom stereocenters. The molecule has 1 aliphatic heterocycles. The molecule has 1 aliphatic rings. The largest absolute Gasteiger partial charge is 0.493 e. The van der Waals surface area contributed by atoms with Crippen molar-refractivity contribution in [1.29, 1.82) is 0 Å². The Morgan fingerprint density at radius 2 is 1.97 bits per heavy atom. The summed E-state index contributed by atoms with van der Waals surface area (Å²) in [7, 11) is 0. The predicted octanol–water partition coefficient (Wildman–Crippen LogP) is 4.15. The molecule has 2 aromatic carbocycles. The summed E-state index contributed by atoms with van der Waals surface area (Å²) in [6.07, 6.45) is 4.75. The smallest absolute Gasteiger partial charge is 0.253 e. The molecule has 3 heterocycles. The second-order valence-corrected chi connectivity index (χ2v) is 7.79. The van der Waals surface area contributed by atoms with E-state index in [1.807, 2.05) is 55.5 Å². The van der Waals surface area contributed by atoms with E-state index in [-0.39, 0.29) is 5.91 Å². The van der Waals surface area contributed by atoms with Gasteiger partial charge in [0, 0.05) is 24.4 Å². The Morgan fingerprint density at radius 3 is 2.84 bits per heavy atom. The Kier molecular flexibility index (Phi) is 5.37.